The Morgan fingerprint density at radius 3 is 2.26 bits per heavy atom. The lowest BCUT2D eigenvalue weighted by molar-refractivity contribution is -0.116. The van der Waals surface area contributed by atoms with Crippen molar-refractivity contribution in [1.29, 1.82) is 0 Å². The molecule has 0 fully saturated rings. The van der Waals surface area contributed by atoms with Gasteiger partial charge in [-0.3, -0.25) is 9.79 Å². The highest BCUT2D eigenvalue weighted by Gasteiger charge is 2.26. The van der Waals surface area contributed by atoms with Crippen molar-refractivity contribution in [2.75, 3.05) is 19.7 Å². The Kier molecular flexibility index (Phi) is 12.9. The third-order valence-corrected chi connectivity index (χ3v) is 4.79. The topological polar surface area (TPSA) is 70.9 Å². The highest BCUT2D eigenvalue weighted by molar-refractivity contribution is 6.23. The lowest BCUT2D eigenvalue weighted by atomic mass is 10.0. The van der Waals surface area contributed by atoms with Gasteiger partial charge >= 0.3 is 0 Å². The Labute approximate surface area is 165 Å². The molecule has 0 saturated heterocycles. The van der Waals surface area contributed by atoms with E-state index in [0.717, 1.165) is 31.4 Å². The van der Waals surface area contributed by atoms with Crippen molar-refractivity contribution >= 4 is 11.6 Å². The summed E-state index contributed by atoms with van der Waals surface area (Å²) >= 11 is 0. The van der Waals surface area contributed by atoms with Gasteiger partial charge in [-0.15, -0.1) is 0 Å². The summed E-state index contributed by atoms with van der Waals surface area (Å²) in [7, 11) is 0. The molecule has 0 aromatic heterocycles. The van der Waals surface area contributed by atoms with Gasteiger partial charge in [0.25, 0.3) is 5.91 Å². The zero-order valence-corrected chi connectivity index (χ0v) is 17.7. The van der Waals surface area contributed by atoms with E-state index in [0.29, 0.717) is 18.7 Å². The standard InChI is InChI=1S/C22H40N2O3/c1-4-5-6-7-8-9-10-11-12-14-19(21-20(25)17-24-22(21)26)23-15-13-16-27-18(2)3/h18,25H,4-17H2,1-3H3,(H,24,26). The van der Waals surface area contributed by atoms with Gasteiger partial charge in [-0.05, 0) is 33.1 Å². The molecule has 0 atom stereocenters. The van der Waals surface area contributed by atoms with Gasteiger partial charge in [-0.1, -0.05) is 58.3 Å². The third kappa shape index (κ3) is 10.5. The van der Waals surface area contributed by atoms with Crippen LogP contribution in [0.5, 0.6) is 0 Å². The molecule has 1 heterocycles. The van der Waals surface area contributed by atoms with Crippen LogP contribution in [-0.4, -0.2) is 42.5 Å². The number of ether oxygens (including phenoxy) is 1. The van der Waals surface area contributed by atoms with E-state index in [1.165, 1.54) is 44.9 Å². The van der Waals surface area contributed by atoms with Gasteiger partial charge in [0.05, 0.1) is 23.9 Å². The lowest BCUT2D eigenvalue weighted by Gasteiger charge is -2.09. The predicted molar refractivity (Wildman–Crippen MR) is 113 cm³/mol. The first kappa shape index (κ1) is 23.7. The number of unbranched alkanes of at least 4 members (excludes halogenated alkanes) is 8. The first-order valence-electron chi connectivity index (χ1n) is 10.9. The number of aliphatic imine (C=N–C) groups is 1. The Bertz CT molecular complexity index is 484. The average Bonchev–Trinajstić information content (AvgIpc) is 2.96. The zero-order valence-electron chi connectivity index (χ0n) is 17.7. The Morgan fingerprint density at radius 1 is 1.07 bits per heavy atom. The molecular formula is C22H40N2O3. The van der Waals surface area contributed by atoms with Crippen molar-refractivity contribution in [2.24, 2.45) is 4.99 Å². The maximum Gasteiger partial charge on any atom is 0.256 e. The van der Waals surface area contributed by atoms with E-state index in [-0.39, 0.29) is 24.3 Å². The summed E-state index contributed by atoms with van der Waals surface area (Å²) in [6.07, 6.45) is 13.2. The summed E-state index contributed by atoms with van der Waals surface area (Å²) in [5, 5.41) is 12.7. The minimum atomic E-state index is -0.194. The van der Waals surface area contributed by atoms with E-state index >= 15 is 0 Å². The Balaban J connectivity index is 2.37. The molecule has 5 heteroatoms. The van der Waals surface area contributed by atoms with Crippen LogP contribution in [0.25, 0.3) is 0 Å². The van der Waals surface area contributed by atoms with Gasteiger partial charge in [0.2, 0.25) is 0 Å². The maximum absolute atomic E-state index is 12.0. The molecule has 0 spiro atoms. The molecule has 0 aromatic carbocycles. The molecule has 156 valence electrons. The van der Waals surface area contributed by atoms with Crippen LogP contribution in [0.4, 0.5) is 0 Å². The van der Waals surface area contributed by atoms with Crippen molar-refractivity contribution in [3.05, 3.63) is 11.3 Å². The molecule has 0 saturated carbocycles. The summed E-state index contributed by atoms with van der Waals surface area (Å²) in [5.74, 6) is -0.0614. The van der Waals surface area contributed by atoms with Crippen LogP contribution in [0.1, 0.15) is 91.4 Å². The monoisotopic (exact) mass is 380 g/mol. The number of aliphatic hydroxyl groups excluding tert-OH is 1. The van der Waals surface area contributed by atoms with E-state index in [1.807, 2.05) is 13.8 Å². The number of carbonyl (C=O) groups is 1. The van der Waals surface area contributed by atoms with E-state index in [4.69, 9.17) is 4.74 Å². The van der Waals surface area contributed by atoms with Crippen LogP contribution < -0.4 is 5.32 Å². The normalized spacial score (nSPS) is 15.1. The Morgan fingerprint density at radius 2 is 1.70 bits per heavy atom. The average molecular weight is 381 g/mol. The van der Waals surface area contributed by atoms with Crippen molar-refractivity contribution < 1.29 is 14.6 Å². The number of hydrogen-bond acceptors (Lipinski definition) is 4. The number of amides is 1. The van der Waals surface area contributed by atoms with Crippen LogP contribution in [0.15, 0.2) is 16.3 Å². The molecule has 0 unspecified atom stereocenters. The smallest absolute Gasteiger partial charge is 0.256 e. The summed E-state index contributed by atoms with van der Waals surface area (Å²) < 4.78 is 5.54. The summed E-state index contributed by atoms with van der Waals surface area (Å²) in [4.78, 5) is 16.7. The number of nitrogens with one attached hydrogen (secondary N) is 1. The van der Waals surface area contributed by atoms with Crippen molar-refractivity contribution in [3.8, 4) is 0 Å². The van der Waals surface area contributed by atoms with Gasteiger partial charge in [0, 0.05) is 13.2 Å². The minimum Gasteiger partial charge on any atom is -0.510 e. The third-order valence-electron chi connectivity index (χ3n) is 4.79. The predicted octanol–water partition coefficient (Wildman–Crippen LogP) is 5.11. The highest BCUT2D eigenvalue weighted by atomic mass is 16.5. The van der Waals surface area contributed by atoms with Crippen LogP contribution in [-0.2, 0) is 9.53 Å². The molecule has 2 N–H and O–H groups in total. The minimum absolute atomic E-state index is 0.133. The van der Waals surface area contributed by atoms with Gasteiger partial charge < -0.3 is 15.2 Å². The molecule has 1 aliphatic heterocycles. The first-order chi connectivity index (χ1) is 13.1. The van der Waals surface area contributed by atoms with Gasteiger partial charge in [-0.2, -0.15) is 0 Å². The van der Waals surface area contributed by atoms with Crippen LogP contribution in [0, 0.1) is 0 Å². The number of nitrogens with zero attached hydrogens (tertiary/aromatic N) is 1. The Hall–Kier alpha value is -1.36. The van der Waals surface area contributed by atoms with Crippen LogP contribution in [0.3, 0.4) is 0 Å². The fourth-order valence-electron chi connectivity index (χ4n) is 3.25. The van der Waals surface area contributed by atoms with Crippen LogP contribution >= 0.6 is 0 Å². The summed E-state index contributed by atoms with van der Waals surface area (Å²) in [6.45, 7) is 7.80. The lowest BCUT2D eigenvalue weighted by Crippen LogP contribution is -2.21. The van der Waals surface area contributed by atoms with Crippen molar-refractivity contribution in [3.63, 3.8) is 0 Å². The van der Waals surface area contributed by atoms with Gasteiger partial charge in [-0.25, -0.2) is 0 Å². The molecule has 5 nitrogen and oxygen atoms in total. The first-order valence-corrected chi connectivity index (χ1v) is 10.9. The summed E-state index contributed by atoms with van der Waals surface area (Å²) in [5.41, 5.74) is 1.16. The highest BCUT2D eigenvalue weighted by Crippen LogP contribution is 2.17. The van der Waals surface area contributed by atoms with E-state index in [9.17, 15) is 9.90 Å². The quantitative estimate of drug-likeness (QED) is 0.289. The SMILES string of the molecule is CCCCCCCCCCCC(=NCCCOC(C)C)C1=C(O)CNC1=O. The molecular weight excluding hydrogens is 340 g/mol. The van der Waals surface area contributed by atoms with Gasteiger partial charge in [0.1, 0.15) is 5.76 Å². The number of aliphatic hydroxyl groups is 1. The largest absolute Gasteiger partial charge is 0.510 e. The molecule has 27 heavy (non-hydrogen) atoms. The number of carbonyl (C=O) groups excluding carboxylic acids is 1. The second-order valence-electron chi connectivity index (χ2n) is 7.68. The molecule has 1 amide bonds. The van der Waals surface area contributed by atoms with Crippen molar-refractivity contribution in [2.45, 2.75) is 97.5 Å². The zero-order chi connectivity index (χ0) is 19.9. The number of rotatable bonds is 16. The fourth-order valence-corrected chi connectivity index (χ4v) is 3.25. The second kappa shape index (κ2) is 14.7. The summed E-state index contributed by atoms with van der Waals surface area (Å²) in [6, 6.07) is 0. The fraction of sp³-hybridized carbons (Fsp3) is 0.818. The molecule has 0 bridgehead atoms. The molecule has 0 aromatic rings. The second-order valence-corrected chi connectivity index (χ2v) is 7.68. The number of hydrogen-bond donors (Lipinski definition) is 2. The van der Waals surface area contributed by atoms with Crippen LogP contribution in [0.2, 0.25) is 0 Å². The maximum atomic E-state index is 12.0. The molecule has 0 aliphatic carbocycles. The molecule has 1 rings (SSSR count). The van der Waals surface area contributed by atoms with Crippen molar-refractivity contribution in [1.82, 2.24) is 5.32 Å². The van der Waals surface area contributed by atoms with E-state index < -0.39 is 0 Å². The molecule has 1 aliphatic rings. The van der Waals surface area contributed by atoms with E-state index in [2.05, 4.69) is 17.2 Å². The van der Waals surface area contributed by atoms with E-state index in [1.54, 1.807) is 0 Å². The van der Waals surface area contributed by atoms with Gasteiger partial charge in [0.15, 0.2) is 0 Å². The molecule has 0 radical (unpaired) electrons.